The van der Waals surface area contributed by atoms with Crippen molar-refractivity contribution in [3.8, 4) is 5.88 Å². The van der Waals surface area contributed by atoms with Crippen LogP contribution in [0.3, 0.4) is 0 Å². The molecule has 4 rings (SSSR count). The lowest BCUT2D eigenvalue weighted by Gasteiger charge is -2.33. The number of aromatic nitrogens is 5. The molecule has 4 heterocycles. The van der Waals surface area contributed by atoms with Gasteiger partial charge in [0.2, 0.25) is 5.88 Å². The molecule has 1 saturated heterocycles. The largest absolute Gasteiger partial charge is 0.481 e. The Morgan fingerprint density at radius 3 is 3.00 bits per heavy atom. The molecule has 0 radical (unpaired) electrons. The van der Waals surface area contributed by atoms with E-state index in [0.29, 0.717) is 18.9 Å². The summed E-state index contributed by atoms with van der Waals surface area (Å²) < 4.78 is 20.9. The molecule has 27 heavy (non-hydrogen) atoms. The predicted molar refractivity (Wildman–Crippen MR) is 94.1 cm³/mol. The molecule has 8 nitrogen and oxygen atoms in total. The first-order valence-electron chi connectivity index (χ1n) is 8.73. The molecule has 0 aromatic carbocycles. The Morgan fingerprint density at radius 1 is 1.33 bits per heavy atom. The van der Waals surface area contributed by atoms with Gasteiger partial charge < -0.3 is 9.64 Å². The Morgan fingerprint density at radius 2 is 2.19 bits per heavy atom. The number of carbonyl (C=O) groups is 1. The van der Waals surface area contributed by atoms with Gasteiger partial charge in [-0.25, -0.2) is 18.9 Å². The number of amides is 1. The molecule has 9 heteroatoms. The van der Waals surface area contributed by atoms with Crippen molar-refractivity contribution in [1.82, 2.24) is 29.5 Å². The number of ether oxygens (including phenoxy) is 1. The Labute approximate surface area is 155 Å². The second-order valence-corrected chi connectivity index (χ2v) is 6.59. The monoisotopic (exact) mass is 370 g/mol. The van der Waals surface area contributed by atoms with Crippen molar-refractivity contribution >= 4 is 11.7 Å². The molecule has 0 bridgehead atoms. The average molecular weight is 370 g/mol. The molecule has 1 fully saturated rings. The Kier molecular flexibility index (Phi) is 4.43. The third kappa shape index (κ3) is 3.20. The number of carbonyl (C=O) groups excluding carboxylic acids is 1. The minimum absolute atomic E-state index is 0.0284. The lowest BCUT2D eigenvalue weighted by molar-refractivity contribution is 0.0699. The molecule has 1 aliphatic heterocycles. The van der Waals surface area contributed by atoms with Gasteiger partial charge in [0.05, 0.1) is 24.6 Å². The molecule has 1 amide bonds. The highest BCUT2D eigenvalue weighted by molar-refractivity contribution is 5.94. The topological polar surface area (TPSA) is 85.5 Å². The zero-order valence-electron chi connectivity index (χ0n) is 15.1. The van der Waals surface area contributed by atoms with E-state index >= 15 is 0 Å². The van der Waals surface area contributed by atoms with Crippen LogP contribution in [0.15, 0.2) is 24.7 Å². The number of nitrogens with zero attached hydrogens (tertiary/aromatic N) is 6. The van der Waals surface area contributed by atoms with Gasteiger partial charge in [-0.1, -0.05) is 0 Å². The summed E-state index contributed by atoms with van der Waals surface area (Å²) in [5.74, 6) is -0.194. The molecule has 3 aromatic heterocycles. The van der Waals surface area contributed by atoms with Gasteiger partial charge in [-0.15, -0.1) is 0 Å². The molecule has 140 valence electrons. The van der Waals surface area contributed by atoms with Gasteiger partial charge in [0.25, 0.3) is 11.7 Å². The third-order valence-electron chi connectivity index (χ3n) is 4.80. The van der Waals surface area contributed by atoms with Gasteiger partial charge in [-0.05, 0) is 25.8 Å². The van der Waals surface area contributed by atoms with Crippen molar-refractivity contribution in [2.24, 2.45) is 0 Å². The van der Waals surface area contributed by atoms with Crippen LogP contribution in [0, 0.1) is 12.7 Å². The van der Waals surface area contributed by atoms with E-state index in [1.54, 1.807) is 9.42 Å². The summed E-state index contributed by atoms with van der Waals surface area (Å²) >= 11 is 0. The van der Waals surface area contributed by atoms with E-state index in [-0.39, 0.29) is 23.3 Å². The second kappa shape index (κ2) is 6.90. The number of rotatable bonds is 3. The normalized spacial score (nSPS) is 17.3. The van der Waals surface area contributed by atoms with Gasteiger partial charge >= 0.3 is 0 Å². The Balaban J connectivity index is 1.63. The summed E-state index contributed by atoms with van der Waals surface area (Å²) in [4.78, 5) is 26.9. The number of pyridine rings is 1. The number of fused-ring (bicyclic) bond motifs is 1. The minimum atomic E-state index is -0.652. The maximum Gasteiger partial charge on any atom is 0.257 e. The van der Waals surface area contributed by atoms with Crippen molar-refractivity contribution in [2.45, 2.75) is 25.7 Å². The van der Waals surface area contributed by atoms with Crippen LogP contribution < -0.4 is 4.74 Å². The minimum Gasteiger partial charge on any atom is -0.481 e. The fourth-order valence-corrected chi connectivity index (χ4v) is 3.52. The number of hydrogen-bond acceptors (Lipinski definition) is 6. The van der Waals surface area contributed by atoms with Crippen molar-refractivity contribution in [3.63, 3.8) is 0 Å². The molecule has 1 aliphatic rings. The van der Waals surface area contributed by atoms with Crippen LogP contribution in [0.2, 0.25) is 0 Å². The predicted octanol–water partition coefficient (Wildman–Crippen LogP) is 2.00. The van der Waals surface area contributed by atoms with E-state index in [0.717, 1.165) is 30.4 Å². The molecule has 0 N–H and O–H groups in total. The molecule has 1 atom stereocenters. The van der Waals surface area contributed by atoms with Crippen LogP contribution >= 0.6 is 0 Å². The number of likely N-dealkylation sites (tertiary alicyclic amines) is 1. The smallest absolute Gasteiger partial charge is 0.257 e. The first-order chi connectivity index (χ1) is 13.1. The summed E-state index contributed by atoms with van der Waals surface area (Å²) in [6.07, 6.45) is 4.20. The molecule has 0 spiro atoms. The first kappa shape index (κ1) is 17.3. The summed E-state index contributed by atoms with van der Waals surface area (Å²) in [6, 6.07) is 3.31. The Bertz CT molecular complexity index is 1000. The van der Waals surface area contributed by atoms with Gasteiger partial charge in [-0.2, -0.15) is 10.1 Å². The fraction of sp³-hybridized carbons (Fsp3) is 0.389. The molecular weight excluding hydrogens is 351 g/mol. The first-order valence-corrected chi connectivity index (χ1v) is 8.73. The maximum atomic E-state index is 14.2. The number of aryl methyl sites for hydroxylation is 1. The summed E-state index contributed by atoms with van der Waals surface area (Å²) in [6.45, 7) is 2.95. The van der Waals surface area contributed by atoms with Crippen LogP contribution in [-0.2, 0) is 0 Å². The molecular formula is C18H19FN6O2. The zero-order valence-corrected chi connectivity index (χ0v) is 15.1. The second-order valence-electron chi connectivity index (χ2n) is 6.59. The molecule has 0 aliphatic carbocycles. The van der Waals surface area contributed by atoms with E-state index < -0.39 is 5.82 Å². The van der Waals surface area contributed by atoms with Crippen LogP contribution in [0.1, 0.15) is 40.5 Å². The van der Waals surface area contributed by atoms with Crippen molar-refractivity contribution in [1.29, 1.82) is 0 Å². The standard InChI is InChI=1S/C18H19FN6O2/c1-11-6-15(25-18(23-11)21-10-22-25)12-4-3-5-24(9-12)17(26)13-7-16(27-2)20-8-14(13)19/h6-8,10,12H,3-5,9H2,1-2H3. The van der Waals surface area contributed by atoms with E-state index in [1.165, 1.54) is 19.5 Å². The highest BCUT2D eigenvalue weighted by atomic mass is 19.1. The number of piperidine rings is 1. The van der Waals surface area contributed by atoms with Crippen molar-refractivity contribution in [2.75, 3.05) is 20.2 Å². The van der Waals surface area contributed by atoms with E-state index in [4.69, 9.17) is 4.74 Å². The summed E-state index contributed by atoms with van der Waals surface area (Å²) in [5, 5.41) is 4.25. The fourth-order valence-electron chi connectivity index (χ4n) is 3.52. The van der Waals surface area contributed by atoms with Gasteiger partial charge in [0.1, 0.15) is 6.33 Å². The maximum absolute atomic E-state index is 14.2. The molecule has 1 unspecified atom stereocenters. The third-order valence-corrected chi connectivity index (χ3v) is 4.80. The van der Waals surface area contributed by atoms with Crippen LogP contribution in [0.4, 0.5) is 4.39 Å². The SMILES string of the molecule is COc1cc(C(=O)N2CCCC(c3cc(C)nc4ncnn34)C2)c(F)cn1. The highest BCUT2D eigenvalue weighted by Crippen LogP contribution is 2.28. The highest BCUT2D eigenvalue weighted by Gasteiger charge is 2.29. The van der Waals surface area contributed by atoms with Crippen LogP contribution in [0.25, 0.3) is 5.78 Å². The molecule has 0 saturated carbocycles. The van der Waals surface area contributed by atoms with Crippen LogP contribution in [-0.4, -0.2) is 55.6 Å². The number of methoxy groups -OCH3 is 1. The van der Waals surface area contributed by atoms with Gasteiger partial charge in [0.15, 0.2) is 5.82 Å². The summed E-state index contributed by atoms with van der Waals surface area (Å²) in [7, 11) is 1.43. The van der Waals surface area contributed by atoms with Gasteiger partial charge in [-0.3, -0.25) is 4.79 Å². The zero-order chi connectivity index (χ0) is 19.0. The average Bonchev–Trinajstić information content (AvgIpc) is 3.15. The van der Waals surface area contributed by atoms with E-state index in [1.807, 2.05) is 13.0 Å². The number of hydrogen-bond donors (Lipinski definition) is 0. The van der Waals surface area contributed by atoms with Crippen LogP contribution in [0.5, 0.6) is 5.88 Å². The lowest BCUT2D eigenvalue weighted by atomic mass is 9.93. The summed E-state index contributed by atoms with van der Waals surface area (Å²) in [5.41, 5.74) is 1.78. The quantitative estimate of drug-likeness (QED) is 0.701. The lowest BCUT2D eigenvalue weighted by Crippen LogP contribution is -2.40. The Hall–Kier alpha value is -3.10. The van der Waals surface area contributed by atoms with Crippen molar-refractivity contribution in [3.05, 3.63) is 47.4 Å². The van der Waals surface area contributed by atoms with Gasteiger partial charge in [0, 0.05) is 30.8 Å². The molecule has 3 aromatic rings. The number of halogens is 1. The van der Waals surface area contributed by atoms with E-state index in [9.17, 15) is 9.18 Å². The van der Waals surface area contributed by atoms with Crippen molar-refractivity contribution < 1.29 is 13.9 Å². The van der Waals surface area contributed by atoms with E-state index in [2.05, 4.69) is 20.1 Å².